The monoisotopic (exact) mass is 239 g/mol. The highest BCUT2D eigenvalue weighted by molar-refractivity contribution is 5.88. The number of ketones is 1. The topological polar surface area (TPSA) is 29.1 Å². The van der Waals surface area contributed by atoms with E-state index in [0.29, 0.717) is 18.1 Å². The Balaban J connectivity index is 4.12. The van der Waals surface area contributed by atoms with Crippen LogP contribution in [0.1, 0.15) is 59.3 Å². The zero-order chi connectivity index (χ0) is 13.3. The maximum Gasteiger partial charge on any atom is 0.152 e. The van der Waals surface area contributed by atoms with Gasteiger partial charge in [0.1, 0.15) is 0 Å². The summed E-state index contributed by atoms with van der Waals surface area (Å²) >= 11 is 0. The summed E-state index contributed by atoms with van der Waals surface area (Å²) in [6.07, 6.45) is 8.44. The van der Waals surface area contributed by atoms with E-state index in [4.69, 9.17) is 0 Å². The normalized spacial score (nSPS) is 16.2. The number of allylic oxidation sites excluding steroid dienone is 1. The van der Waals surface area contributed by atoms with E-state index < -0.39 is 0 Å². The minimum Gasteiger partial charge on any atom is -0.308 e. The van der Waals surface area contributed by atoms with Crippen LogP contribution in [0.5, 0.6) is 0 Å². The van der Waals surface area contributed by atoms with Crippen molar-refractivity contribution in [2.45, 2.75) is 64.8 Å². The average molecular weight is 239 g/mol. The first kappa shape index (κ1) is 16.4. The van der Waals surface area contributed by atoms with Crippen molar-refractivity contribution in [3.8, 4) is 0 Å². The summed E-state index contributed by atoms with van der Waals surface area (Å²) in [5, 5.41) is 3.22. The highest BCUT2D eigenvalue weighted by atomic mass is 16.1. The Morgan fingerprint density at radius 2 is 2.06 bits per heavy atom. The van der Waals surface area contributed by atoms with Crippen LogP contribution in [0.4, 0.5) is 0 Å². The Morgan fingerprint density at radius 3 is 2.53 bits per heavy atom. The molecule has 2 heteroatoms. The van der Waals surface area contributed by atoms with Crippen molar-refractivity contribution < 1.29 is 4.79 Å². The van der Waals surface area contributed by atoms with E-state index in [0.717, 1.165) is 12.8 Å². The number of carbonyl (C=O) groups excluding carboxylic acids is 1. The van der Waals surface area contributed by atoms with Gasteiger partial charge < -0.3 is 5.32 Å². The lowest BCUT2D eigenvalue weighted by Gasteiger charge is -2.34. The molecule has 0 aromatic rings. The van der Waals surface area contributed by atoms with Gasteiger partial charge in [0.15, 0.2) is 5.78 Å². The number of hydrogen-bond donors (Lipinski definition) is 1. The first-order valence-corrected chi connectivity index (χ1v) is 6.86. The number of carbonyl (C=O) groups is 1. The third-order valence-electron chi connectivity index (χ3n) is 3.95. The average Bonchev–Trinajstić information content (AvgIpc) is 2.36. The predicted molar refractivity (Wildman–Crippen MR) is 75.2 cm³/mol. The first-order chi connectivity index (χ1) is 8.02. The molecular weight excluding hydrogens is 210 g/mol. The summed E-state index contributed by atoms with van der Waals surface area (Å²) in [4.78, 5) is 12.0. The van der Waals surface area contributed by atoms with E-state index in [9.17, 15) is 4.79 Å². The highest BCUT2D eigenvalue weighted by Crippen LogP contribution is 2.24. The molecule has 0 amide bonds. The van der Waals surface area contributed by atoms with E-state index in [-0.39, 0.29) is 5.54 Å². The molecule has 0 radical (unpaired) electrons. The molecular formula is C15H29NO. The molecule has 0 aliphatic heterocycles. The van der Waals surface area contributed by atoms with Gasteiger partial charge in [-0.25, -0.2) is 0 Å². The molecule has 0 heterocycles. The van der Waals surface area contributed by atoms with E-state index >= 15 is 0 Å². The lowest BCUT2D eigenvalue weighted by molar-refractivity contribution is -0.126. The second-order valence-corrected chi connectivity index (χ2v) is 5.06. The van der Waals surface area contributed by atoms with E-state index in [2.05, 4.69) is 18.8 Å². The Kier molecular flexibility index (Phi) is 8.15. The standard InChI is InChI=1S/C15H29NO/c1-6-8-9-10-11-12-13(3)15(4,16-5)14(17)7-2/h6,13,16H,1,7-12H2,2-5H3/t13-,15+/m1/s1. The van der Waals surface area contributed by atoms with Crippen LogP contribution in [0.15, 0.2) is 12.7 Å². The molecule has 1 N–H and O–H groups in total. The molecule has 0 aromatic carbocycles. The second kappa shape index (κ2) is 8.46. The van der Waals surface area contributed by atoms with Crippen molar-refractivity contribution in [2.24, 2.45) is 5.92 Å². The van der Waals surface area contributed by atoms with Crippen LogP contribution in [-0.2, 0) is 4.79 Å². The van der Waals surface area contributed by atoms with Crippen molar-refractivity contribution in [1.29, 1.82) is 0 Å². The molecule has 0 fully saturated rings. The van der Waals surface area contributed by atoms with Gasteiger partial charge in [0.05, 0.1) is 5.54 Å². The Hall–Kier alpha value is -0.630. The van der Waals surface area contributed by atoms with E-state index in [1.807, 2.05) is 27.0 Å². The number of unbranched alkanes of at least 4 members (excludes halogenated alkanes) is 3. The van der Waals surface area contributed by atoms with Crippen LogP contribution in [0, 0.1) is 5.92 Å². The first-order valence-electron chi connectivity index (χ1n) is 6.86. The molecule has 0 aromatic heterocycles. The van der Waals surface area contributed by atoms with E-state index in [1.54, 1.807) is 0 Å². The summed E-state index contributed by atoms with van der Waals surface area (Å²) in [6.45, 7) is 9.88. The van der Waals surface area contributed by atoms with Crippen LogP contribution in [0.3, 0.4) is 0 Å². The largest absolute Gasteiger partial charge is 0.308 e. The molecule has 0 spiro atoms. The summed E-state index contributed by atoms with van der Waals surface area (Å²) < 4.78 is 0. The van der Waals surface area contributed by atoms with Crippen LogP contribution in [0.2, 0.25) is 0 Å². The molecule has 0 aliphatic rings. The molecule has 0 aliphatic carbocycles. The van der Waals surface area contributed by atoms with Gasteiger partial charge in [-0.1, -0.05) is 32.8 Å². The third kappa shape index (κ3) is 5.03. The smallest absolute Gasteiger partial charge is 0.152 e. The van der Waals surface area contributed by atoms with Crippen molar-refractivity contribution >= 4 is 5.78 Å². The Morgan fingerprint density at radius 1 is 1.41 bits per heavy atom. The SMILES string of the molecule is C=CCCCCC[C@@H](C)[C@](C)(NC)C(=O)CC. The number of likely N-dealkylation sites (N-methyl/N-ethyl adjacent to an activating group) is 1. The van der Waals surface area contributed by atoms with Crippen molar-refractivity contribution in [2.75, 3.05) is 7.05 Å². The number of nitrogens with one attached hydrogen (secondary N) is 1. The fourth-order valence-corrected chi connectivity index (χ4v) is 2.23. The minimum absolute atomic E-state index is 0.318. The van der Waals surface area contributed by atoms with Gasteiger partial charge in [-0.05, 0) is 39.2 Å². The van der Waals surface area contributed by atoms with Gasteiger partial charge in [-0.3, -0.25) is 4.79 Å². The maximum absolute atomic E-state index is 12.0. The van der Waals surface area contributed by atoms with Crippen LogP contribution < -0.4 is 5.32 Å². The van der Waals surface area contributed by atoms with Crippen LogP contribution in [-0.4, -0.2) is 18.4 Å². The second-order valence-electron chi connectivity index (χ2n) is 5.06. The zero-order valence-corrected chi connectivity index (χ0v) is 12.0. The molecule has 17 heavy (non-hydrogen) atoms. The van der Waals surface area contributed by atoms with Gasteiger partial charge in [0.25, 0.3) is 0 Å². The molecule has 2 nitrogen and oxygen atoms in total. The van der Waals surface area contributed by atoms with Gasteiger partial charge in [0.2, 0.25) is 0 Å². The minimum atomic E-state index is -0.354. The molecule has 0 saturated carbocycles. The highest BCUT2D eigenvalue weighted by Gasteiger charge is 2.35. The number of rotatable bonds is 10. The van der Waals surface area contributed by atoms with E-state index in [1.165, 1.54) is 19.3 Å². The molecule has 0 rings (SSSR count). The van der Waals surface area contributed by atoms with Crippen LogP contribution in [0.25, 0.3) is 0 Å². The van der Waals surface area contributed by atoms with Crippen molar-refractivity contribution in [1.82, 2.24) is 5.32 Å². The van der Waals surface area contributed by atoms with Gasteiger partial charge in [0, 0.05) is 6.42 Å². The summed E-state index contributed by atoms with van der Waals surface area (Å²) in [7, 11) is 1.89. The summed E-state index contributed by atoms with van der Waals surface area (Å²) in [5.74, 6) is 0.710. The van der Waals surface area contributed by atoms with Crippen LogP contribution >= 0.6 is 0 Å². The molecule has 100 valence electrons. The maximum atomic E-state index is 12.0. The molecule has 2 atom stereocenters. The lowest BCUT2D eigenvalue weighted by Crippen LogP contribution is -2.52. The quantitative estimate of drug-likeness (QED) is 0.465. The fourth-order valence-electron chi connectivity index (χ4n) is 2.23. The van der Waals surface area contributed by atoms with Gasteiger partial charge >= 0.3 is 0 Å². The molecule has 0 bridgehead atoms. The number of Topliss-reactive ketones (excluding diaryl/α,β-unsaturated/α-hetero) is 1. The van der Waals surface area contributed by atoms with Crippen molar-refractivity contribution in [3.63, 3.8) is 0 Å². The Bertz CT molecular complexity index is 237. The van der Waals surface area contributed by atoms with Gasteiger partial charge in [-0.2, -0.15) is 0 Å². The zero-order valence-electron chi connectivity index (χ0n) is 12.0. The summed E-state index contributed by atoms with van der Waals surface area (Å²) in [6, 6.07) is 0. The lowest BCUT2D eigenvalue weighted by atomic mass is 9.79. The Labute approximate surface area is 107 Å². The summed E-state index contributed by atoms with van der Waals surface area (Å²) in [5.41, 5.74) is -0.354. The number of hydrogen-bond acceptors (Lipinski definition) is 2. The van der Waals surface area contributed by atoms with Gasteiger partial charge in [-0.15, -0.1) is 6.58 Å². The molecule has 0 unspecified atom stereocenters. The van der Waals surface area contributed by atoms with Crippen molar-refractivity contribution in [3.05, 3.63) is 12.7 Å². The molecule has 0 saturated heterocycles. The third-order valence-corrected chi connectivity index (χ3v) is 3.95. The predicted octanol–water partition coefficient (Wildman–Crippen LogP) is 3.72. The fraction of sp³-hybridized carbons (Fsp3) is 0.800.